The second kappa shape index (κ2) is 5.16. The van der Waals surface area contributed by atoms with Crippen LogP contribution in [0.4, 0.5) is 0 Å². The third-order valence-corrected chi connectivity index (χ3v) is 3.87. The summed E-state index contributed by atoms with van der Waals surface area (Å²) in [5.41, 5.74) is 5.80. The third-order valence-electron chi connectivity index (χ3n) is 2.18. The summed E-state index contributed by atoms with van der Waals surface area (Å²) >= 11 is 3.21. The van der Waals surface area contributed by atoms with E-state index in [9.17, 15) is 13.2 Å². The van der Waals surface area contributed by atoms with Gasteiger partial charge in [0.2, 0.25) is 0 Å². The van der Waals surface area contributed by atoms with Gasteiger partial charge in [-0.05, 0) is 30.2 Å². The van der Waals surface area contributed by atoms with Crippen LogP contribution in [0.5, 0.6) is 0 Å². The van der Waals surface area contributed by atoms with Gasteiger partial charge in [0, 0.05) is 10.7 Å². The fourth-order valence-corrected chi connectivity index (χ4v) is 2.74. The summed E-state index contributed by atoms with van der Waals surface area (Å²) in [6, 6.07) is 3.47. The fourth-order valence-electron chi connectivity index (χ4n) is 1.39. The highest BCUT2D eigenvalue weighted by atomic mass is 79.9. The van der Waals surface area contributed by atoms with Crippen LogP contribution in [-0.4, -0.2) is 31.8 Å². The number of nitrogens with two attached hydrogens (primary N) is 1. The third kappa shape index (κ3) is 3.79. The van der Waals surface area contributed by atoms with Crippen molar-refractivity contribution in [2.24, 2.45) is 5.73 Å². The molecule has 7 heteroatoms. The Hall–Kier alpha value is -0.920. The fraction of sp³-hybridized carbons (Fsp3) is 0.300. The molecule has 3 N–H and O–H groups in total. The molecule has 0 saturated heterocycles. The van der Waals surface area contributed by atoms with Crippen LogP contribution in [0.15, 0.2) is 27.6 Å². The highest BCUT2D eigenvalue weighted by Gasteiger charge is 2.19. The lowest BCUT2D eigenvalue weighted by molar-refractivity contribution is -0.138. The van der Waals surface area contributed by atoms with E-state index >= 15 is 0 Å². The van der Waals surface area contributed by atoms with E-state index in [0.29, 0.717) is 10.0 Å². The van der Waals surface area contributed by atoms with Crippen LogP contribution in [0.1, 0.15) is 5.56 Å². The molecule has 1 atom stereocenters. The predicted octanol–water partition coefficient (Wildman–Crippen LogP) is 0.807. The Kier molecular flexibility index (Phi) is 4.29. The molecular formula is C10H12BrNO4S. The van der Waals surface area contributed by atoms with Gasteiger partial charge >= 0.3 is 5.97 Å². The van der Waals surface area contributed by atoms with Gasteiger partial charge in [-0.2, -0.15) is 0 Å². The lowest BCUT2D eigenvalue weighted by Crippen LogP contribution is -2.32. The second-order valence-electron chi connectivity index (χ2n) is 3.67. The van der Waals surface area contributed by atoms with E-state index in [1.165, 1.54) is 6.07 Å². The van der Waals surface area contributed by atoms with Crippen molar-refractivity contribution in [3.8, 4) is 0 Å². The SMILES string of the molecule is CS(=O)(=O)c1ccc(Br)cc1CC(N)C(=O)O. The molecule has 0 aliphatic heterocycles. The molecule has 1 aromatic rings. The Morgan fingerprint density at radius 1 is 1.53 bits per heavy atom. The maximum Gasteiger partial charge on any atom is 0.320 e. The summed E-state index contributed by atoms with van der Waals surface area (Å²) in [6.45, 7) is 0. The van der Waals surface area contributed by atoms with Crippen molar-refractivity contribution in [2.45, 2.75) is 17.4 Å². The van der Waals surface area contributed by atoms with E-state index < -0.39 is 21.8 Å². The minimum Gasteiger partial charge on any atom is -0.480 e. The zero-order valence-electron chi connectivity index (χ0n) is 9.05. The van der Waals surface area contributed by atoms with E-state index in [2.05, 4.69) is 15.9 Å². The van der Waals surface area contributed by atoms with Crippen molar-refractivity contribution in [2.75, 3.05) is 6.26 Å². The van der Waals surface area contributed by atoms with Gasteiger partial charge in [-0.25, -0.2) is 8.42 Å². The molecule has 0 spiro atoms. The molecule has 0 aliphatic rings. The number of halogens is 1. The van der Waals surface area contributed by atoms with Crippen molar-refractivity contribution >= 4 is 31.7 Å². The zero-order valence-corrected chi connectivity index (χ0v) is 11.5. The first-order valence-electron chi connectivity index (χ1n) is 4.68. The van der Waals surface area contributed by atoms with Crippen LogP contribution in [-0.2, 0) is 21.1 Å². The van der Waals surface area contributed by atoms with Crippen LogP contribution in [0.3, 0.4) is 0 Å². The number of aliphatic carboxylic acids is 1. The van der Waals surface area contributed by atoms with Gasteiger partial charge in [0.1, 0.15) is 6.04 Å². The van der Waals surface area contributed by atoms with Crippen LogP contribution < -0.4 is 5.73 Å². The maximum absolute atomic E-state index is 11.5. The Labute approximate surface area is 108 Å². The summed E-state index contributed by atoms with van der Waals surface area (Å²) in [5.74, 6) is -1.16. The highest BCUT2D eigenvalue weighted by molar-refractivity contribution is 9.10. The van der Waals surface area contributed by atoms with Gasteiger partial charge in [-0.3, -0.25) is 4.79 Å². The average molecular weight is 322 g/mol. The Morgan fingerprint density at radius 2 is 2.12 bits per heavy atom. The Balaban J connectivity index is 3.22. The molecule has 0 aliphatic carbocycles. The molecule has 0 bridgehead atoms. The quantitative estimate of drug-likeness (QED) is 0.855. The van der Waals surface area contributed by atoms with Crippen LogP contribution >= 0.6 is 15.9 Å². The molecule has 0 amide bonds. The molecule has 1 rings (SSSR count). The van der Waals surface area contributed by atoms with Crippen molar-refractivity contribution in [1.29, 1.82) is 0 Å². The normalized spacial score (nSPS) is 13.4. The number of sulfone groups is 1. The smallest absolute Gasteiger partial charge is 0.320 e. The summed E-state index contributed by atoms with van der Waals surface area (Å²) in [7, 11) is -3.39. The van der Waals surface area contributed by atoms with Crippen LogP contribution in [0.2, 0.25) is 0 Å². The first kappa shape index (κ1) is 14.1. The number of hydrogen-bond acceptors (Lipinski definition) is 4. The Morgan fingerprint density at radius 3 is 2.59 bits per heavy atom. The largest absolute Gasteiger partial charge is 0.480 e. The number of benzene rings is 1. The molecule has 1 aromatic carbocycles. The maximum atomic E-state index is 11.5. The van der Waals surface area contributed by atoms with E-state index in [-0.39, 0.29) is 11.3 Å². The molecule has 0 aromatic heterocycles. The Bertz CT molecular complexity index is 541. The van der Waals surface area contributed by atoms with Crippen molar-refractivity contribution < 1.29 is 18.3 Å². The second-order valence-corrected chi connectivity index (χ2v) is 6.57. The molecule has 0 fully saturated rings. The number of carbonyl (C=O) groups is 1. The molecule has 94 valence electrons. The van der Waals surface area contributed by atoms with E-state index in [4.69, 9.17) is 10.8 Å². The van der Waals surface area contributed by atoms with Crippen molar-refractivity contribution in [1.82, 2.24) is 0 Å². The lowest BCUT2D eigenvalue weighted by Gasteiger charge is -2.11. The van der Waals surface area contributed by atoms with E-state index in [0.717, 1.165) is 6.26 Å². The molecule has 1 unspecified atom stereocenters. The van der Waals surface area contributed by atoms with Gasteiger partial charge in [0.25, 0.3) is 0 Å². The monoisotopic (exact) mass is 321 g/mol. The van der Waals surface area contributed by atoms with Crippen LogP contribution in [0.25, 0.3) is 0 Å². The van der Waals surface area contributed by atoms with Gasteiger partial charge in [0.15, 0.2) is 9.84 Å². The van der Waals surface area contributed by atoms with Gasteiger partial charge in [-0.1, -0.05) is 15.9 Å². The molecule has 0 heterocycles. The van der Waals surface area contributed by atoms with Crippen LogP contribution in [0, 0.1) is 0 Å². The van der Waals surface area contributed by atoms with E-state index in [1.54, 1.807) is 12.1 Å². The van der Waals surface area contributed by atoms with Crippen molar-refractivity contribution in [3.05, 3.63) is 28.2 Å². The summed E-state index contributed by atoms with van der Waals surface area (Å²) in [5, 5.41) is 8.72. The number of carboxylic acids is 1. The molecular weight excluding hydrogens is 310 g/mol. The standard InChI is InChI=1S/C10H12BrNO4S/c1-17(15,16)9-3-2-7(11)4-6(9)5-8(12)10(13)14/h2-4,8H,5,12H2,1H3,(H,13,14). The number of rotatable bonds is 4. The summed E-state index contributed by atoms with van der Waals surface area (Å²) in [4.78, 5) is 10.8. The topological polar surface area (TPSA) is 97.5 Å². The molecule has 17 heavy (non-hydrogen) atoms. The average Bonchev–Trinajstić information content (AvgIpc) is 2.15. The number of carboxylic acid groups (broad SMARTS) is 1. The molecule has 0 radical (unpaired) electrons. The lowest BCUT2D eigenvalue weighted by atomic mass is 10.1. The van der Waals surface area contributed by atoms with Gasteiger partial charge in [-0.15, -0.1) is 0 Å². The number of hydrogen-bond donors (Lipinski definition) is 2. The molecule has 0 saturated carbocycles. The predicted molar refractivity (Wildman–Crippen MR) is 66.6 cm³/mol. The minimum absolute atomic E-state index is 0.0306. The van der Waals surface area contributed by atoms with Gasteiger partial charge < -0.3 is 10.8 Å². The first-order chi connectivity index (χ1) is 7.71. The molecule has 5 nitrogen and oxygen atoms in total. The minimum atomic E-state index is -3.39. The summed E-state index contributed by atoms with van der Waals surface area (Å²) in [6.07, 6.45) is 1.04. The first-order valence-corrected chi connectivity index (χ1v) is 7.37. The van der Waals surface area contributed by atoms with Gasteiger partial charge in [0.05, 0.1) is 4.90 Å². The zero-order chi connectivity index (χ0) is 13.2. The van der Waals surface area contributed by atoms with Crippen molar-refractivity contribution in [3.63, 3.8) is 0 Å². The summed E-state index contributed by atoms with van der Waals surface area (Å²) < 4.78 is 23.7. The highest BCUT2D eigenvalue weighted by Crippen LogP contribution is 2.22. The van der Waals surface area contributed by atoms with E-state index in [1.807, 2.05) is 0 Å².